The Balaban J connectivity index is 1.20. The molecule has 228 valence electrons. The summed E-state index contributed by atoms with van der Waals surface area (Å²) in [5.41, 5.74) is 5.98. The molecule has 0 radical (unpaired) electrons. The van der Waals surface area contributed by atoms with Crippen molar-refractivity contribution in [3.05, 3.63) is 136 Å². The van der Waals surface area contributed by atoms with Crippen molar-refractivity contribution >= 4 is 15.7 Å². The van der Waals surface area contributed by atoms with E-state index in [4.69, 9.17) is 5.10 Å². The molecule has 0 aliphatic carbocycles. The van der Waals surface area contributed by atoms with Crippen LogP contribution in [0.3, 0.4) is 0 Å². The first-order valence-corrected chi connectivity index (χ1v) is 16.5. The first-order valence-electron chi connectivity index (χ1n) is 15.1. The maximum atomic E-state index is 13.1. The van der Waals surface area contributed by atoms with Gasteiger partial charge in [-0.15, -0.1) is 0 Å². The molecule has 0 aliphatic heterocycles. The number of rotatable bonds is 11. The van der Waals surface area contributed by atoms with E-state index in [0.717, 1.165) is 35.4 Å². The van der Waals surface area contributed by atoms with Crippen molar-refractivity contribution in [1.29, 1.82) is 0 Å². The predicted octanol–water partition coefficient (Wildman–Crippen LogP) is 7.05. The molecule has 1 N–H and O–H groups in total. The zero-order chi connectivity index (χ0) is 31.3. The van der Waals surface area contributed by atoms with Gasteiger partial charge in [0.2, 0.25) is 0 Å². The Morgan fingerprint density at radius 1 is 0.773 bits per heavy atom. The van der Waals surface area contributed by atoms with Crippen molar-refractivity contribution in [2.24, 2.45) is 0 Å². The van der Waals surface area contributed by atoms with Crippen molar-refractivity contribution in [3.8, 4) is 11.1 Å². The molecule has 0 saturated carbocycles. The minimum atomic E-state index is -3.66. The van der Waals surface area contributed by atoms with Gasteiger partial charge in [-0.25, -0.2) is 17.9 Å². The lowest BCUT2D eigenvalue weighted by Gasteiger charge is -2.19. The predicted molar refractivity (Wildman–Crippen MR) is 178 cm³/mol. The standard InChI is InChI=1S/C36H40N4O3S/c1-5-39-34(37-40(35(39)41)26-28-19-23-31(24-20-28)36(2,3)4)16-9-11-27-17-21-29(22-18-27)30-12-10-13-32(25-30)38-44(42,43)33-14-7-6-8-15-33/h6-8,10,12-15,17-25,38H,5,9,11,16,26H2,1-4H3. The summed E-state index contributed by atoms with van der Waals surface area (Å²) in [6, 6.07) is 32.5. The summed E-state index contributed by atoms with van der Waals surface area (Å²) in [4.78, 5) is 13.3. The largest absolute Gasteiger partial charge is 0.346 e. The normalized spacial score (nSPS) is 11.9. The fourth-order valence-corrected chi connectivity index (χ4v) is 6.34. The molecule has 8 heteroatoms. The topological polar surface area (TPSA) is 86.0 Å². The summed E-state index contributed by atoms with van der Waals surface area (Å²) in [7, 11) is -3.66. The van der Waals surface area contributed by atoms with Gasteiger partial charge in [-0.2, -0.15) is 5.10 Å². The third-order valence-corrected chi connectivity index (χ3v) is 9.19. The van der Waals surface area contributed by atoms with Gasteiger partial charge in [-0.3, -0.25) is 9.29 Å². The van der Waals surface area contributed by atoms with Crippen LogP contribution in [0.4, 0.5) is 5.69 Å². The van der Waals surface area contributed by atoms with Crippen LogP contribution in [0.1, 0.15) is 56.6 Å². The minimum Gasteiger partial charge on any atom is -0.280 e. The fraction of sp³-hybridized carbons (Fsp3) is 0.278. The van der Waals surface area contributed by atoms with Crippen LogP contribution in [-0.2, 0) is 41.4 Å². The summed E-state index contributed by atoms with van der Waals surface area (Å²) < 4.78 is 31.5. The van der Waals surface area contributed by atoms with Gasteiger partial charge in [0.25, 0.3) is 10.0 Å². The molecule has 5 rings (SSSR count). The van der Waals surface area contributed by atoms with Gasteiger partial charge < -0.3 is 0 Å². The Morgan fingerprint density at radius 2 is 1.45 bits per heavy atom. The van der Waals surface area contributed by atoms with Crippen molar-refractivity contribution < 1.29 is 8.42 Å². The quantitative estimate of drug-likeness (QED) is 0.174. The minimum absolute atomic E-state index is 0.0694. The molecule has 1 heterocycles. The molecule has 0 bridgehead atoms. The molecule has 0 saturated heterocycles. The molecule has 4 aromatic carbocycles. The first kappa shape index (κ1) is 31.0. The molecule has 7 nitrogen and oxygen atoms in total. The highest BCUT2D eigenvalue weighted by molar-refractivity contribution is 7.92. The zero-order valence-electron chi connectivity index (χ0n) is 25.8. The average Bonchev–Trinajstić information content (AvgIpc) is 3.31. The maximum absolute atomic E-state index is 13.1. The molecule has 44 heavy (non-hydrogen) atoms. The molecular weight excluding hydrogens is 568 g/mol. The van der Waals surface area contributed by atoms with Crippen LogP contribution < -0.4 is 10.4 Å². The van der Waals surface area contributed by atoms with E-state index in [2.05, 4.69) is 74.0 Å². The van der Waals surface area contributed by atoms with Gasteiger partial charge in [0, 0.05) is 18.7 Å². The Kier molecular flexibility index (Phi) is 9.20. The molecule has 0 fully saturated rings. The highest BCUT2D eigenvalue weighted by Crippen LogP contribution is 2.25. The Hall–Kier alpha value is -4.43. The average molecular weight is 609 g/mol. The first-order chi connectivity index (χ1) is 21.0. The maximum Gasteiger partial charge on any atom is 0.346 e. The number of anilines is 1. The van der Waals surface area contributed by atoms with E-state index < -0.39 is 10.0 Å². The highest BCUT2D eigenvalue weighted by Gasteiger charge is 2.16. The smallest absolute Gasteiger partial charge is 0.280 e. The van der Waals surface area contributed by atoms with Gasteiger partial charge in [-0.1, -0.05) is 99.6 Å². The lowest BCUT2D eigenvalue weighted by molar-refractivity contribution is 0.588. The third kappa shape index (κ3) is 7.37. The van der Waals surface area contributed by atoms with Crippen LogP contribution in [0.15, 0.2) is 113 Å². The summed E-state index contributed by atoms with van der Waals surface area (Å²) in [5.74, 6) is 0.815. The number of aromatic nitrogens is 3. The summed E-state index contributed by atoms with van der Waals surface area (Å²) in [5, 5.41) is 4.70. The van der Waals surface area contributed by atoms with Crippen molar-refractivity contribution in [1.82, 2.24) is 14.3 Å². The second-order valence-corrected chi connectivity index (χ2v) is 13.8. The van der Waals surface area contributed by atoms with E-state index in [1.54, 1.807) is 45.6 Å². The van der Waals surface area contributed by atoms with Crippen molar-refractivity contribution in [3.63, 3.8) is 0 Å². The highest BCUT2D eigenvalue weighted by atomic mass is 32.2. The molecule has 0 amide bonds. The van der Waals surface area contributed by atoms with Crippen LogP contribution in [-0.4, -0.2) is 22.8 Å². The SMILES string of the molecule is CCn1c(CCCc2ccc(-c3cccc(NS(=O)(=O)c4ccccc4)c3)cc2)nn(Cc2ccc(C(C)(C)C)cc2)c1=O. The summed E-state index contributed by atoms with van der Waals surface area (Å²) in [6.07, 6.45) is 2.44. The van der Waals surface area contributed by atoms with Crippen LogP contribution >= 0.6 is 0 Å². The van der Waals surface area contributed by atoms with E-state index in [1.807, 2.05) is 25.1 Å². The summed E-state index contributed by atoms with van der Waals surface area (Å²) in [6.45, 7) is 9.60. The van der Waals surface area contributed by atoms with Crippen molar-refractivity contribution in [2.75, 3.05) is 4.72 Å². The van der Waals surface area contributed by atoms with E-state index >= 15 is 0 Å². The van der Waals surface area contributed by atoms with Gasteiger partial charge in [-0.05, 0) is 77.3 Å². The van der Waals surface area contributed by atoms with Crippen LogP contribution in [0.2, 0.25) is 0 Å². The number of hydrogen-bond donors (Lipinski definition) is 1. The van der Waals surface area contributed by atoms with Gasteiger partial charge in [0.1, 0.15) is 5.82 Å². The Labute approximate surface area is 260 Å². The summed E-state index contributed by atoms with van der Waals surface area (Å²) >= 11 is 0. The molecule has 5 aromatic rings. The Bertz CT molecular complexity index is 1870. The number of aryl methyl sites for hydroxylation is 2. The van der Waals surface area contributed by atoms with E-state index in [1.165, 1.54) is 11.1 Å². The number of hydrogen-bond acceptors (Lipinski definition) is 4. The van der Waals surface area contributed by atoms with E-state index in [9.17, 15) is 13.2 Å². The van der Waals surface area contributed by atoms with Gasteiger partial charge in [0.05, 0.1) is 11.4 Å². The molecular formula is C36H40N4O3S. The number of benzene rings is 4. The second kappa shape index (κ2) is 13.1. The molecule has 0 atom stereocenters. The van der Waals surface area contributed by atoms with Gasteiger partial charge in [0.15, 0.2) is 0 Å². The van der Waals surface area contributed by atoms with Crippen molar-refractivity contribution in [2.45, 2.75) is 70.4 Å². The number of nitrogens with zero attached hydrogens (tertiary/aromatic N) is 3. The molecule has 0 spiro atoms. The Morgan fingerprint density at radius 3 is 2.11 bits per heavy atom. The number of nitrogens with one attached hydrogen (secondary N) is 1. The molecule has 0 aliphatic rings. The van der Waals surface area contributed by atoms with E-state index in [0.29, 0.717) is 25.2 Å². The lowest BCUT2D eigenvalue weighted by Crippen LogP contribution is -2.25. The van der Waals surface area contributed by atoms with Gasteiger partial charge >= 0.3 is 5.69 Å². The third-order valence-electron chi connectivity index (χ3n) is 7.79. The zero-order valence-corrected chi connectivity index (χ0v) is 26.6. The monoisotopic (exact) mass is 608 g/mol. The second-order valence-electron chi connectivity index (χ2n) is 12.1. The van der Waals surface area contributed by atoms with Crippen LogP contribution in [0.25, 0.3) is 11.1 Å². The number of sulfonamides is 1. The fourth-order valence-electron chi connectivity index (χ4n) is 5.27. The molecule has 1 aromatic heterocycles. The van der Waals surface area contributed by atoms with E-state index in [-0.39, 0.29) is 16.0 Å². The molecule has 0 unspecified atom stereocenters. The lowest BCUT2D eigenvalue weighted by atomic mass is 9.87. The van der Waals surface area contributed by atoms with Crippen LogP contribution in [0, 0.1) is 0 Å². The van der Waals surface area contributed by atoms with Crippen LogP contribution in [0.5, 0.6) is 0 Å².